The first-order valence-corrected chi connectivity index (χ1v) is 11.5. The molecule has 5 nitrogen and oxygen atoms in total. The molecule has 6 heteroatoms. The van der Waals surface area contributed by atoms with Crippen molar-refractivity contribution in [3.63, 3.8) is 0 Å². The maximum absolute atomic E-state index is 6.11. The van der Waals surface area contributed by atoms with Gasteiger partial charge in [0.1, 0.15) is 0 Å². The van der Waals surface area contributed by atoms with E-state index in [9.17, 15) is 0 Å². The minimum absolute atomic E-state index is 0.444. The van der Waals surface area contributed by atoms with Crippen LogP contribution < -0.4 is 0 Å². The zero-order valence-corrected chi connectivity index (χ0v) is 18.7. The third-order valence-electron chi connectivity index (χ3n) is 6.18. The summed E-state index contributed by atoms with van der Waals surface area (Å²) in [6, 6.07) is 22.6. The molecule has 0 radical (unpaired) electrons. The average Bonchev–Trinajstić information content (AvgIpc) is 3.30. The molecule has 1 aliphatic heterocycles. The van der Waals surface area contributed by atoms with Gasteiger partial charge in [0.25, 0.3) is 5.95 Å². The van der Waals surface area contributed by atoms with Crippen molar-refractivity contribution in [3.05, 3.63) is 95.4 Å². The molecule has 0 aliphatic carbocycles. The van der Waals surface area contributed by atoms with Crippen LogP contribution in [0, 0.1) is 0 Å². The highest BCUT2D eigenvalue weighted by Gasteiger charge is 2.24. The molecular weight excluding hydrogens is 418 g/mol. The van der Waals surface area contributed by atoms with Gasteiger partial charge in [-0.05, 0) is 62.2 Å². The SMILES string of the molecule is Clc1ccc(-c2cc(C3CCN(CCc4ccccc4)CC3)nn2-c2ncccn2)cc1. The minimum Gasteiger partial charge on any atom is -0.303 e. The average molecular weight is 444 g/mol. The summed E-state index contributed by atoms with van der Waals surface area (Å²) in [6.45, 7) is 3.31. The maximum Gasteiger partial charge on any atom is 0.251 e. The van der Waals surface area contributed by atoms with Crippen molar-refractivity contribution >= 4 is 11.6 Å². The number of aromatic nitrogens is 4. The van der Waals surface area contributed by atoms with E-state index in [2.05, 4.69) is 51.3 Å². The first kappa shape index (κ1) is 20.9. The summed E-state index contributed by atoms with van der Waals surface area (Å²) in [6.07, 6.45) is 6.83. The molecule has 0 unspecified atom stereocenters. The zero-order valence-electron chi connectivity index (χ0n) is 17.9. The Hall–Kier alpha value is -3.02. The Balaban J connectivity index is 1.32. The topological polar surface area (TPSA) is 46.8 Å². The fourth-order valence-corrected chi connectivity index (χ4v) is 4.49. The van der Waals surface area contributed by atoms with Crippen LogP contribution in [-0.4, -0.2) is 44.3 Å². The fourth-order valence-electron chi connectivity index (χ4n) is 4.36. The molecule has 0 bridgehead atoms. The number of benzene rings is 2. The summed E-state index contributed by atoms with van der Waals surface area (Å²) in [5.41, 5.74) is 4.57. The lowest BCUT2D eigenvalue weighted by Crippen LogP contribution is -2.34. The quantitative estimate of drug-likeness (QED) is 0.400. The van der Waals surface area contributed by atoms with Gasteiger partial charge in [-0.25, -0.2) is 9.97 Å². The largest absolute Gasteiger partial charge is 0.303 e. The Morgan fingerprint density at radius 2 is 1.59 bits per heavy atom. The highest BCUT2D eigenvalue weighted by Crippen LogP contribution is 2.32. The van der Waals surface area contributed by atoms with Gasteiger partial charge in [-0.1, -0.05) is 54.1 Å². The molecule has 2 aromatic heterocycles. The van der Waals surface area contributed by atoms with E-state index in [1.165, 1.54) is 5.56 Å². The monoisotopic (exact) mass is 443 g/mol. The highest BCUT2D eigenvalue weighted by atomic mass is 35.5. The van der Waals surface area contributed by atoms with Gasteiger partial charge in [0, 0.05) is 35.4 Å². The number of rotatable bonds is 6. The molecule has 1 saturated heterocycles. The van der Waals surface area contributed by atoms with E-state index < -0.39 is 0 Å². The second-order valence-corrected chi connectivity index (χ2v) is 8.71. The Kier molecular flexibility index (Phi) is 6.28. The molecule has 2 aromatic carbocycles. The Bertz CT molecular complexity index is 1130. The molecule has 0 saturated carbocycles. The van der Waals surface area contributed by atoms with Crippen molar-refractivity contribution in [2.24, 2.45) is 0 Å². The van der Waals surface area contributed by atoms with Gasteiger partial charge in [0.05, 0.1) is 11.4 Å². The van der Waals surface area contributed by atoms with Gasteiger partial charge in [-0.2, -0.15) is 9.78 Å². The van der Waals surface area contributed by atoms with Crippen molar-refractivity contribution in [1.29, 1.82) is 0 Å². The van der Waals surface area contributed by atoms with Crippen LogP contribution in [0.4, 0.5) is 0 Å². The lowest BCUT2D eigenvalue weighted by Gasteiger charge is -2.31. The molecule has 1 aliphatic rings. The molecule has 32 heavy (non-hydrogen) atoms. The van der Waals surface area contributed by atoms with Crippen LogP contribution in [0.2, 0.25) is 5.02 Å². The highest BCUT2D eigenvalue weighted by molar-refractivity contribution is 6.30. The Labute approximate surface area is 193 Å². The Morgan fingerprint density at radius 1 is 0.875 bits per heavy atom. The standard InChI is InChI=1S/C26H26ClN5/c27-23-9-7-22(8-10-23)25-19-24(30-32(25)26-28-14-4-15-29-26)21-12-17-31(18-13-21)16-11-20-5-2-1-3-6-20/h1-10,14-15,19,21H,11-13,16-18H2. The smallest absolute Gasteiger partial charge is 0.251 e. The number of likely N-dealkylation sites (tertiary alicyclic amines) is 1. The zero-order chi connectivity index (χ0) is 21.8. The van der Waals surface area contributed by atoms with E-state index >= 15 is 0 Å². The van der Waals surface area contributed by atoms with E-state index in [1.54, 1.807) is 12.4 Å². The van der Waals surface area contributed by atoms with Crippen LogP contribution in [0.15, 0.2) is 79.1 Å². The first-order valence-electron chi connectivity index (χ1n) is 11.2. The molecule has 0 atom stereocenters. The van der Waals surface area contributed by atoms with Gasteiger partial charge in [-0.3, -0.25) is 0 Å². The summed E-state index contributed by atoms with van der Waals surface area (Å²) >= 11 is 6.11. The lowest BCUT2D eigenvalue weighted by atomic mass is 9.93. The number of nitrogens with zero attached hydrogens (tertiary/aromatic N) is 5. The predicted molar refractivity (Wildman–Crippen MR) is 128 cm³/mol. The molecule has 1 fully saturated rings. The third-order valence-corrected chi connectivity index (χ3v) is 6.43. The number of halogens is 1. The molecule has 4 aromatic rings. The van der Waals surface area contributed by atoms with E-state index in [0.717, 1.165) is 60.9 Å². The molecule has 0 spiro atoms. The summed E-state index contributed by atoms with van der Waals surface area (Å²) in [4.78, 5) is 11.4. The molecule has 3 heterocycles. The van der Waals surface area contributed by atoms with E-state index in [-0.39, 0.29) is 0 Å². The molecule has 0 amide bonds. The second kappa shape index (κ2) is 9.63. The number of hydrogen-bond acceptors (Lipinski definition) is 4. The van der Waals surface area contributed by atoms with Crippen LogP contribution in [0.1, 0.15) is 30.0 Å². The third kappa shape index (κ3) is 4.74. The van der Waals surface area contributed by atoms with Crippen molar-refractivity contribution < 1.29 is 0 Å². The van der Waals surface area contributed by atoms with Gasteiger partial charge < -0.3 is 4.90 Å². The summed E-state index contributed by atoms with van der Waals surface area (Å²) in [5, 5.41) is 5.68. The van der Waals surface area contributed by atoms with Gasteiger partial charge in [-0.15, -0.1) is 0 Å². The van der Waals surface area contributed by atoms with Gasteiger partial charge >= 0.3 is 0 Å². The summed E-state index contributed by atoms with van der Waals surface area (Å²) in [5.74, 6) is 1.03. The van der Waals surface area contributed by atoms with Crippen LogP contribution in [-0.2, 0) is 6.42 Å². The van der Waals surface area contributed by atoms with Crippen LogP contribution in [0.5, 0.6) is 0 Å². The second-order valence-electron chi connectivity index (χ2n) is 8.27. The molecule has 162 valence electrons. The summed E-state index contributed by atoms with van der Waals surface area (Å²) < 4.78 is 1.86. The molecule has 0 N–H and O–H groups in total. The van der Waals surface area contributed by atoms with Crippen molar-refractivity contribution in [2.45, 2.75) is 25.2 Å². The Morgan fingerprint density at radius 3 is 2.31 bits per heavy atom. The van der Waals surface area contributed by atoms with E-state index in [4.69, 9.17) is 16.7 Å². The minimum atomic E-state index is 0.444. The molecule has 5 rings (SSSR count). The van der Waals surface area contributed by atoms with Crippen molar-refractivity contribution in [1.82, 2.24) is 24.6 Å². The maximum atomic E-state index is 6.11. The number of piperidine rings is 1. The normalized spacial score (nSPS) is 15.2. The van der Waals surface area contributed by atoms with E-state index in [0.29, 0.717) is 11.9 Å². The van der Waals surface area contributed by atoms with Gasteiger partial charge in [0.2, 0.25) is 0 Å². The van der Waals surface area contributed by atoms with Crippen molar-refractivity contribution in [2.75, 3.05) is 19.6 Å². The number of hydrogen-bond donors (Lipinski definition) is 0. The predicted octanol–water partition coefficient (Wildman–Crippen LogP) is 5.40. The van der Waals surface area contributed by atoms with E-state index in [1.807, 2.05) is 35.0 Å². The van der Waals surface area contributed by atoms with Gasteiger partial charge in [0.15, 0.2) is 0 Å². The van der Waals surface area contributed by atoms with Crippen LogP contribution in [0.25, 0.3) is 17.2 Å². The fraction of sp³-hybridized carbons (Fsp3) is 0.269. The summed E-state index contributed by atoms with van der Waals surface area (Å²) in [7, 11) is 0. The lowest BCUT2D eigenvalue weighted by molar-refractivity contribution is 0.213. The van der Waals surface area contributed by atoms with Crippen molar-refractivity contribution in [3.8, 4) is 17.2 Å². The molecular formula is C26H26ClN5. The van der Waals surface area contributed by atoms with Crippen LogP contribution in [0.3, 0.4) is 0 Å². The van der Waals surface area contributed by atoms with Crippen LogP contribution >= 0.6 is 11.6 Å². The first-order chi connectivity index (χ1) is 15.8.